The predicted octanol–water partition coefficient (Wildman–Crippen LogP) is 0.157. The molecule has 22 heteroatoms. The van der Waals surface area contributed by atoms with Gasteiger partial charge in [0.05, 0.1) is 24.5 Å². The summed E-state index contributed by atoms with van der Waals surface area (Å²) in [6.45, 7) is 0.860. The third-order valence-electron chi connectivity index (χ3n) is 6.86. The van der Waals surface area contributed by atoms with Crippen molar-refractivity contribution >= 4 is 37.9 Å². The number of nitro benzene ring substituents is 1. The fourth-order valence-electron chi connectivity index (χ4n) is 4.62. The summed E-state index contributed by atoms with van der Waals surface area (Å²) in [5, 5.41) is 52.6. The molecule has 246 valence electrons. The summed E-state index contributed by atoms with van der Waals surface area (Å²) in [4.78, 5) is 22.2. The number of ether oxygens (including phenoxy) is 3. The van der Waals surface area contributed by atoms with Gasteiger partial charge < -0.3 is 49.4 Å². The number of hydrogen-bond donors (Lipinski definition) is 5. The van der Waals surface area contributed by atoms with Crippen LogP contribution >= 0.6 is 15.2 Å². The van der Waals surface area contributed by atoms with Crippen LogP contribution in [0.25, 0.3) is 11.2 Å². The van der Waals surface area contributed by atoms with Gasteiger partial charge in [-0.1, -0.05) is 0 Å². The monoisotopic (exact) mass is 676 g/mol. The van der Waals surface area contributed by atoms with Crippen LogP contribution in [0, 0.1) is 10.1 Å². The number of hydrogen-bond acceptors (Lipinski definition) is 18. The highest BCUT2D eigenvalue weighted by Crippen LogP contribution is 2.61. The van der Waals surface area contributed by atoms with Gasteiger partial charge in [-0.15, -0.1) is 0 Å². The number of aliphatic hydroxyl groups excluding tert-OH is 4. The van der Waals surface area contributed by atoms with Crippen molar-refractivity contribution in [2.75, 3.05) is 32.3 Å². The number of nitrogens with zero attached hydrogens (tertiary/aromatic N) is 5. The maximum Gasteiger partial charge on any atom is 0.334 e. The maximum absolute atomic E-state index is 13.0. The summed E-state index contributed by atoms with van der Waals surface area (Å²) in [5.41, 5.74) is 6.10. The lowest BCUT2D eigenvalue weighted by molar-refractivity contribution is -0.384. The first kappa shape index (κ1) is 33.2. The second kappa shape index (κ2) is 12.9. The van der Waals surface area contributed by atoms with Gasteiger partial charge in [-0.05, 0) is 12.1 Å². The number of nitro groups is 1. The number of rotatable bonds is 12. The Hall–Kier alpha value is -3.13. The van der Waals surface area contributed by atoms with E-state index in [0.29, 0.717) is 0 Å². The topological polar surface area (TPSA) is 283 Å². The molecule has 6 N–H and O–H groups in total. The van der Waals surface area contributed by atoms with Crippen molar-refractivity contribution in [2.24, 2.45) is 0 Å². The molecule has 4 heterocycles. The number of nitrogen functional groups attached to an aromatic ring is 1. The zero-order chi connectivity index (χ0) is 32.7. The highest BCUT2D eigenvalue weighted by molar-refractivity contribution is 7.66. The molecule has 0 radical (unpaired) electrons. The van der Waals surface area contributed by atoms with Crippen LogP contribution in [-0.2, 0) is 32.0 Å². The van der Waals surface area contributed by atoms with E-state index in [1.807, 2.05) is 0 Å². The smallest absolute Gasteiger partial charge is 0.334 e. The molecule has 20 nitrogen and oxygen atoms in total. The van der Waals surface area contributed by atoms with Gasteiger partial charge in [-0.25, -0.2) is 19.3 Å². The average Bonchev–Trinajstić information content (AvgIpc) is 3.61. The van der Waals surface area contributed by atoms with E-state index in [0.717, 1.165) is 13.3 Å². The number of aliphatic hydroxyl groups is 4. The van der Waals surface area contributed by atoms with Crippen molar-refractivity contribution in [3.63, 3.8) is 0 Å². The molecule has 2 saturated heterocycles. The molecule has 0 bridgehead atoms. The number of imidazole rings is 1. The lowest BCUT2D eigenvalue weighted by atomic mass is 10.1. The Morgan fingerprint density at radius 1 is 0.933 bits per heavy atom. The number of fused-ring (bicyclic) bond motifs is 1. The minimum absolute atomic E-state index is 0.0996. The zero-order valence-corrected chi connectivity index (χ0v) is 25.4. The van der Waals surface area contributed by atoms with Crippen molar-refractivity contribution < 1.29 is 62.0 Å². The SMILES string of the molecule is CP(=O)(OCC1O[C@@H](n2cnc3c(N)ncnc32)[C@H](O)[C@@H]1O)OP(C)(=O)OC[C@H]1OC(Oc2ccc([N+](=O)[O-])cc2)[C@H](O)[C@@H]1O. The number of anilines is 1. The number of benzene rings is 1. The Kier molecular flexibility index (Phi) is 9.55. The molecule has 2 aliphatic rings. The molecule has 0 aliphatic carbocycles. The average molecular weight is 676 g/mol. The third-order valence-corrected chi connectivity index (χ3v) is 10.5. The second-order valence-corrected chi connectivity index (χ2v) is 14.5. The molecular formula is C23H30N6O14P2. The number of aromatic nitrogens is 4. The van der Waals surface area contributed by atoms with Crippen molar-refractivity contribution in [1.82, 2.24) is 19.5 Å². The van der Waals surface area contributed by atoms with Gasteiger partial charge in [0.15, 0.2) is 17.7 Å². The van der Waals surface area contributed by atoms with Crippen LogP contribution < -0.4 is 10.5 Å². The summed E-state index contributed by atoms with van der Waals surface area (Å²) in [5.74, 6) is 0.210. The molecule has 45 heavy (non-hydrogen) atoms. The van der Waals surface area contributed by atoms with Crippen molar-refractivity contribution in [1.29, 1.82) is 0 Å². The van der Waals surface area contributed by atoms with Crippen LogP contribution in [0.1, 0.15) is 6.23 Å². The van der Waals surface area contributed by atoms with Gasteiger partial charge in [-0.2, -0.15) is 0 Å². The largest absolute Gasteiger partial charge is 0.462 e. The number of nitrogens with two attached hydrogens (primary N) is 1. The summed E-state index contributed by atoms with van der Waals surface area (Å²) < 4.78 is 59.6. The Morgan fingerprint density at radius 3 is 2.16 bits per heavy atom. The highest BCUT2D eigenvalue weighted by Gasteiger charge is 2.47. The standard InChI is InChI=1S/C23H30N6O14P2/c1-44(36,38-7-13-16(30)18(32)22(41-13)28-10-27-15-20(24)25-9-26-21(15)28)43-45(2,37)39-8-14-17(31)19(33)23(42-14)40-12-5-3-11(4-6-12)29(34)35/h3-6,9-10,13-14,16-19,22-23,30-33H,7-8H2,1-2H3,(H2,24,25,26)/t13?,14-,16-,17-,18-,19-,22-,23?,44?,45?/m1/s1. The highest BCUT2D eigenvalue weighted by atomic mass is 31.3. The quantitative estimate of drug-likeness (QED) is 0.0969. The minimum atomic E-state index is -4.14. The predicted molar refractivity (Wildman–Crippen MR) is 150 cm³/mol. The molecule has 1 aromatic carbocycles. The van der Waals surface area contributed by atoms with E-state index in [4.69, 9.17) is 33.3 Å². The third kappa shape index (κ3) is 7.32. The van der Waals surface area contributed by atoms with Crippen molar-refractivity contribution in [2.45, 2.75) is 49.1 Å². The van der Waals surface area contributed by atoms with E-state index in [1.54, 1.807) is 0 Å². The van der Waals surface area contributed by atoms with Crippen LogP contribution in [0.4, 0.5) is 11.5 Å². The van der Waals surface area contributed by atoms with Gasteiger partial charge in [0.2, 0.25) is 6.29 Å². The zero-order valence-electron chi connectivity index (χ0n) is 23.6. The van der Waals surface area contributed by atoms with E-state index in [-0.39, 0.29) is 28.4 Å². The molecular weight excluding hydrogens is 646 g/mol. The second-order valence-electron chi connectivity index (χ2n) is 10.2. The normalized spacial score (nSPS) is 31.1. The molecule has 10 atom stereocenters. The molecule has 4 unspecified atom stereocenters. The molecule has 2 aliphatic heterocycles. The summed E-state index contributed by atoms with van der Waals surface area (Å²) >= 11 is 0. The van der Waals surface area contributed by atoms with E-state index in [1.165, 1.54) is 41.5 Å². The van der Waals surface area contributed by atoms with Gasteiger partial charge in [0, 0.05) is 25.5 Å². The lowest BCUT2D eigenvalue weighted by Gasteiger charge is -2.23. The summed E-state index contributed by atoms with van der Waals surface area (Å²) in [6, 6.07) is 4.91. The van der Waals surface area contributed by atoms with Crippen molar-refractivity contribution in [3.05, 3.63) is 47.0 Å². The molecule has 0 amide bonds. The van der Waals surface area contributed by atoms with Crippen LogP contribution in [0.15, 0.2) is 36.9 Å². The lowest BCUT2D eigenvalue weighted by Crippen LogP contribution is -2.35. The first-order valence-electron chi connectivity index (χ1n) is 13.2. The fraction of sp³-hybridized carbons (Fsp3) is 0.522. The van der Waals surface area contributed by atoms with Gasteiger partial charge in [-0.3, -0.25) is 23.8 Å². The van der Waals surface area contributed by atoms with E-state index >= 15 is 0 Å². The van der Waals surface area contributed by atoms with Crippen LogP contribution in [-0.4, -0.2) is 114 Å². The number of non-ortho nitro benzene ring substituents is 1. The Bertz CT molecular complexity index is 1630. The van der Waals surface area contributed by atoms with Crippen LogP contribution in [0.3, 0.4) is 0 Å². The molecule has 2 aromatic heterocycles. The molecule has 0 saturated carbocycles. The Morgan fingerprint density at radius 2 is 1.53 bits per heavy atom. The molecule has 2 fully saturated rings. The van der Waals surface area contributed by atoms with E-state index in [9.17, 15) is 39.7 Å². The summed E-state index contributed by atoms with van der Waals surface area (Å²) in [6.07, 6.45) is -8.59. The van der Waals surface area contributed by atoms with Gasteiger partial charge >= 0.3 is 15.2 Å². The van der Waals surface area contributed by atoms with Crippen molar-refractivity contribution in [3.8, 4) is 5.75 Å². The van der Waals surface area contributed by atoms with Crippen LogP contribution in [0.5, 0.6) is 5.75 Å². The summed E-state index contributed by atoms with van der Waals surface area (Å²) in [7, 11) is -8.28. The molecule has 0 spiro atoms. The van der Waals surface area contributed by atoms with E-state index < -0.39 is 82.5 Å². The fourth-order valence-corrected chi connectivity index (χ4v) is 7.99. The van der Waals surface area contributed by atoms with Gasteiger partial charge in [0.25, 0.3) is 5.69 Å². The Balaban J connectivity index is 1.13. The maximum atomic E-state index is 13.0. The van der Waals surface area contributed by atoms with E-state index in [2.05, 4.69) is 15.0 Å². The first-order valence-corrected chi connectivity index (χ1v) is 17.2. The Labute approximate surface area is 253 Å². The minimum Gasteiger partial charge on any atom is -0.462 e. The molecule has 3 aromatic rings. The first-order chi connectivity index (χ1) is 21.2. The van der Waals surface area contributed by atoms with Crippen LogP contribution in [0.2, 0.25) is 0 Å². The van der Waals surface area contributed by atoms with Gasteiger partial charge in [0.1, 0.15) is 54.2 Å². The molecule has 5 rings (SSSR count).